The number of nitrogens with one attached hydrogen (secondary N) is 3. The van der Waals surface area contributed by atoms with Crippen LogP contribution in [0.25, 0.3) is 0 Å². The lowest BCUT2D eigenvalue weighted by molar-refractivity contribution is -0.158. The molecule has 30 heavy (non-hydrogen) atoms. The van der Waals surface area contributed by atoms with Crippen molar-refractivity contribution in [2.45, 2.75) is 37.6 Å². The van der Waals surface area contributed by atoms with Crippen LogP contribution in [0.4, 0.5) is 23.8 Å². The van der Waals surface area contributed by atoms with Crippen LogP contribution in [0, 0.1) is 0 Å². The van der Waals surface area contributed by atoms with Gasteiger partial charge in [-0.25, -0.2) is 9.78 Å². The summed E-state index contributed by atoms with van der Waals surface area (Å²) in [5.41, 5.74) is 0.729. The first-order valence-electron chi connectivity index (χ1n) is 9.56. The van der Waals surface area contributed by atoms with E-state index in [1.807, 2.05) is 5.32 Å². The zero-order valence-electron chi connectivity index (χ0n) is 16.1. The van der Waals surface area contributed by atoms with Crippen LogP contribution in [0.2, 0.25) is 0 Å². The number of anilines is 1. The first-order chi connectivity index (χ1) is 14.2. The summed E-state index contributed by atoms with van der Waals surface area (Å²) in [5.74, 6) is -0.0372. The van der Waals surface area contributed by atoms with Crippen molar-refractivity contribution in [2.24, 2.45) is 0 Å². The lowest BCUT2D eigenvalue weighted by atomic mass is 10.1. The van der Waals surface area contributed by atoms with Gasteiger partial charge in [0.15, 0.2) is 0 Å². The summed E-state index contributed by atoms with van der Waals surface area (Å²) in [6.45, 7) is 2.27. The molecule has 3 N–H and O–H groups in total. The van der Waals surface area contributed by atoms with E-state index in [1.54, 1.807) is 30.5 Å². The molecule has 4 heterocycles. The van der Waals surface area contributed by atoms with Crippen LogP contribution in [0.5, 0.6) is 0 Å². The molecule has 4 rings (SSSR count). The van der Waals surface area contributed by atoms with E-state index < -0.39 is 30.2 Å². The molecule has 0 spiro atoms. The van der Waals surface area contributed by atoms with Gasteiger partial charge in [-0.15, -0.1) is 0 Å². The molecule has 160 valence electrons. The molecule has 1 fully saturated rings. The van der Waals surface area contributed by atoms with E-state index in [2.05, 4.69) is 20.5 Å². The van der Waals surface area contributed by atoms with Gasteiger partial charge in [-0.1, -0.05) is 12.1 Å². The fourth-order valence-electron chi connectivity index (χ4n) is 3.75. The molecule has 8 nitrogen and oxygen atoms in total. The number of carbonyl (C=O) groups excluding carboxylic acids is 2. The molecule has 3 aliphatic heterocycles. The van der Waals surface area contributed by atoms with E-state index in [4.69, 9.17) is 0 Å². The molecule has 0 radical (unpaired) electrons. The first kappa shape index (κ1) is 20.0. The van der Waals surface area contributed by atoms with Gasteiger partial charge in [0.1, 0.15) is 23.7 Å². The third-order valence-electron chi connectivity index (χ3n) is 5.34. The van der Waals surface area contributed by atoms with Crippen LogP contribution in [0.3, 0.4) is 0 Å². The van der Waals surface area contributed by atoms with Gasteiger partial charge in [0.2, 0.25) is 5.91 Å². The van der Waals surface area contributed by atoms with Crippen LogP contribution < -0.4 is 16.0 Å². The average molecular weight is 422 g/mol. The van der Waals surface area contributed by atoms with Crippen LogP contribution in [-0.2, 0) is 4.79 Å². The number of hydrogen-bond donors (Lipinski definition) is 3. The third-order valence-corrected chi connectivity index (χ3v) is 5.34. The van der Waals surface area contributed by atoms with Gasteiger partial charge in [0.25, 0.3) is 0 Å². The van der Waals surface area contributed by atoms with Crippen molar-refractivity contribution in [3.8, 4) is 0 Å². The fraction of sp³-hybridized carbons (Fsp3) is 0.421. The van der Waals surface area contributed by atoms with E-state index in [-0.39, 0.29) is 6.04 Å². The molecule has 1 unspecified atom stereocenters. The summed E-state index contributed by atoms with van der Waals surface area (Å²) in [4.78, 5) is 33.1. The summed E-state index contributed by atoms with van der Waals surface area (Å²) < 4.78 is 38.4. The monoisotopic (exact) mass is 422 g/mol. The number of aromatic nitrogens is 1. The van der Waals surface area contributed by atoms with Crippen molar-refractivity contribution in [3.05, 3.63) is 48.1 Å². The summed E-state index contributed by atoms with van der Waals surface area (Å²) in [5, 5.41) is 7.64. The molecule has 1 aromatic rings. The molecule has 1 saturated heterocycles. The maximum Gasteiger partial charge on any atom is 0.408 e. The van der Waals surface area contributed by atoms with Crippen molar-refractivity contribution in [2.75, 3.05) is 18.4 Å². The van der Waals surface area contributed by atoms with Gasteiger partial charge in [0.05, 0.1) is 11.7 Å². The molecule has 2 bridgehead atoms. The SMILES string of the molecule is C[C@@H](NC(=O)C1C=CC2=C(N1)N(C(=O)Nc1ccccn1)[C@H]1CCN2C1)C(F)(F)F. The number of amides is 3. The number of dihydropyridines is 1. The Morgan fingerprint density at radius 1 is 1.33 bits per heavy atom. The minimum atomic E-state index is -4.54. The van der Waals surface area contributed by atoms with Gasteiger partial charge < -0.3 is 15.5 Å². The summed E-state index contributed by atoms with van der Waals surface area (Å²) in [7, 11) is 0. The molecule has 3 amide bonds. The van der Waals surface area contributed by atoms with Crippen molar-refractivity contribution in [3.63, 3.8) is 0 Å². The van der Waals surface area contributed by atoms with Crippen LogP contribution in [0.1, 0.15) is 13.3 Å². The number of alkyl halides is 3. The van der Waals surface area contributed by atoms with E-state index >= 15 is 0 Å². The van der Waals surface area contributed by atoms with E-state index in [9.17, 15) is 22.8 Å². The first-order valence-corrected chi connectivity index (χ1v) is 9.56. The second kappa shape index (κ2) is 7.54. The largest absolute Gasteiger partial charge is 0.408 e. The normalized spacial score (nSPS) is 23.6. The van der Waals surface area contributed by atoms with Crippen molar-refractivity contribution < 1.29 is 22.8 Å². The van der Waals surface area contributed by atoms with Crippen molar-refractivity contribution >= 4 is 17.8 Å². The highest BCUT2D eigenvalue weighted by atomic mass is 19.4. The molecule has 0 saturated carbocycles. The number of carbonyl (C=O) groups is 2. The second-order valence-electron chi connectivity index (χ2n) is 7.39. The number of nitrogens with zero attached hydrogens (tertiary/aromatic N) is 3. The molecular formula is C19H21F3N6O2. The number of allylic oxidation sites excluding steroid dienone is 1. The zero-order chi connectivity index (χ0) is 21.5. The van der Waals surface area contributed by atoms with Crippen molar-refractivity contribution in [1.82, 2.24) is 25.4 Å². The molecule has 0 aromatic carbocycles. The average Bonchev–Trinajstić information content (AvgIpc) is 3.12. The van der Waals surface area contributed by atoms with Gasteiger partial charge in [-0.3, -0.25) is 15.0 Å². The summed E-state index contributed by atoms with van der Waals surface area (Å²) in [6, 6.07) is 1.57. The second-order valence-corrected chi connectivity index (χ2v) is 7.39. The molecule has 3 aliphatic rings. The lowest BCUT2D eigenvalue weighted by Crippen LogP contribution is -2.57. The highest BCUT2D eigenvalue weighted by molar-refractivity contribution is 5.91. The van der Waals surface area contributed by atoms with Crippen LogP contribution >= 0.6 is 0 Å². The number of halogens is 3. The molecule has 11 heteroatoms. The number of fused-ring (bicyclic) bond motifs is 3. The summed E-state index contributed by atoms with van der Waals surface area (Å²) >= 11 is 0. The van der Waals surface area contributed by atoms with Gasteiger partial charge in [-0.2, -0.15) is 13.2 Å². The highest BCUT2D eigenvalue weighted by Gasteiger charge is 2.43. The maximum atomic E-state index is 13.0. The number of hydrogen-bond acceptors (Lipinski definition) is 5. The Balaban J connectivity index is 1.54. The Kier molecular flexibility index (Phi) is 5.04. The minimum absolute atomic E-state index is 0.121. The summed E-state index contributed by atoms with van der Waals surface area (Å²) in [6.07, 6.45) is 0.933. The smallest absolute Gasteiger partial charge is 0.366 e. The Hall–Kier alpha value is -3.24. The molecule has 3 atom stereocenters. The van der Waals surface area contributed by atoms with Crippen LogP contribution in [-0.4, -0.2) is 64.1 Å². The standard InChI is InChI=1S/C19H21F3N6O2/c1-11(19(20,21)22)24-17(29)13-5-6-14-16(25-13)28(12-7-9-27(14)10-12)18(30)26-15-4-2-3-8-23-15/h2-6,8,11-13,25H,7,9-10H2,1H3,(H,24,29)(H,23,26,30)/t11-,12+,13?/m1/s1. The zero-order valence-corrected chi connectivity index (χ0v) is 16.1. The lowest BCUT2D eigenvalue weighted by Gasteiger charge is -2.41. The highest BCUT2D eigenvalue weighted by Crippen LogP contribution is 2.33. The Morgan fingerprint density at radius 2 is 2.13 bits per heavy atom. The van der Waals surface area contributed by atoms with Crippen LogP contribution in [0.15, 0.2) is 48.1 Å². The Labute approximate surface area is 170 Å². The van der Waals surface area contributed by atoms with Gasteiger partial charge >= 0.3 is 12.2 Å². The number of pyridine rings is 1. The predicted molar refractivity (Wildman–Crippen MR) is 102 cm³/mol. The Morgan fingerprint density at radius 3 is 2.83 bits per heavy atom. The van der Waals surface area contributed by atoms with E-state index in [1.165, 1.54) is 11.0 Å². The minimum Gasteiger partial charge on any atom is -0.366 e. The van der Waals surface area contributed by atoms with Gasteiger partial charge in [-0.05, 0) is 31.6 Å². The predicted octanol–water partition coefficient (Wildman–Crippen LogP) is 1.77. The Bertz CT molecular complexity index is 901. The topological polar surface area (TPSA) is 89.6 Å². The molecule has 0 aliphatic carbocycles. The quantitative estimate of drug-likeness (QED) is 0.691. The number of urea groups is 1. The molecular weight excluding hydrogens is 401 g/mol. The fourth-order valence-corrected chi connectivity index (χ4v) is 3.75. The maximum absolute atomic E-state index is 13.0. The third kappa shape index (κ3) is 3.79. The van der Waals surface area contributed by atoms with Gasteiger partial charge in [0, 0.05) is 19.3 Å². The van der Waals surface area contributed by atoms with E-state index in [0.717, 1.165) is 25.6 Å². The number of rotatable bonds is 3. The molecule has 1 aromatic heterocycles. The van der Waals surface area contributed by atoms with E-state index in [0.29, 0.717) is 18.2 Å². The van der Waals surface area contributed by atoms with Crippen molar-refractivity contribution in [1.29, 1.82) is 0 Å².